The zero-order chi connectivity index (χ0) is 20.0. The van der Waals surface area contributed by atoms with Crippen LogP contribution in [0.1, 0.15) is 24.8 Å². The Balaban J connectivity index is 1.41. The number of amides is 2. The average Bonchev–Trinajstić information content (AvgIpc) is 2.69. The van der Waals surface area contributed by atoms with Gasteiger partial charge in [0.05, 0.1) is 4.90 Å². The first-order chi connectivity index (χ1) is 13.4. The summed E-state index contributed by atoms with van der Waals surface area (Å²) < 4.78 is 27.1. The molecule has 1 heterocycles. The number of nitrogens with one attached hydrogen (secondary N) is 2. The second kappa shape index (κ2) is 9.21. The summed E-state index contributed by atoms with van der Waals surface area (Å²) in [6.45, 7) is 3.57. The van der Waals surface area contributed by atoms with E-state index in [1.807, 2.05) is 49.4 Å². The van der Waals surface area contributed by atoms with E-state index in [0.717, 1.165) is 30.5 Å². The van der Waals surface area contributed by atoms with Gasteiger partial charge in [-0.3, -0.25) is 0 Å². The molecule has 2 amide bonds. The molecule has 7 heteroatoms. The fourth-order valence-electron chi connectivity index (χ4n) is 3.38. The minimum atomic E-state index is -3.42. The standard InChI is InChI=1S/C21H27N3O3S/c1-17-7-9-20(10-8-17)28(26,27)24-15-12-18(13-16-24)11-14-22-21(25)23-19-5-3-2-4-6-19/h2-10,18H,11-16H2,1H3,(H2,22,23,25). The Labute approximate surface area is 167 Å². The maximum Gasteiger partial charge on any atom is 0.319 e. The number of hydrogen-bond donors (Lipinski definition) is 2. The molecule has 0 unspecified atom stereocenters. The number of nitrogens with zero attached hydrogens (tertiary/aromatic N) is 1. The lowest BCUT2D eigenvalue weighted by atomic mass is 9.95. The Kier molecular flexibility index (Phi) is 6.70. The van der Waals surface area contributed by atoms with Gasteiger partial charge in [-0.2, -0.15) is 4.31 Å². The van der Waals surface area contributed by atoms with Crippen LogP contribution in [0.3, 0.4) is 0 Å². The zero-order valence-corrected chi connectivity index (χ0v) is 16.9. The zero-order valence-electron chi connectivity index (χ0n) is 16.1. The highest BCUT2D eigenvalue weighted by atomic mass is 32.2. The summed E-state index contributed by atoms with van der Waals surface area (Å²) in [7, 11) is -3.42. The lowest BCUT2D eigenvalue weighted by molar-refractivity contribution is 0.245. The maximum atomic E-state index is 12.7. The van der Waals surface area contributed by atoms with Crippen molar-refractivity contribution < 1.29 is 13.2 Å². The Hall–Kier alpha value is -2.38. The van der Waals surface area contributed by atoms with Gasteiger partial charge >= 0.3 is 6.03 Å². The van der Waals surface area contributed by atoms with Crippen LogP contribution >= 0.6 is 0 Å². The normalized spacial score (nSPS) is 15.9. The van der Waals surface area contributed by atoms with Crippen molar-refractivity contribution in [1.82, 2.24) is 9.62 Å². The number of carbonyl (C=O) groups is 1. The number of para-hydroxylation sites is 1. The van der Waals surface area contributed by atoms with E-state index in [0.29, 0.717) is 30.4 Å². The van der Waals surface area contributed by atoms with Gasteiger partial charge in [0, 0.05) is 25.3 Å². The molecule has 28 heavy (non-hydrogen) atoms. The van der Waals surface area contributed by atoms with Gasteiger partial charge in [-0.25, -0.2) is 13.2 Å². The smallest absolute Gasteiger partial charge is 0.319 e. The number of aryl methyl sites for hydroxylation is 1. The van der Waals surface area contributed by atoms with E-state index in [1.165, 1.54) is 0 Å². The van der Waals surface area contributed by atoms with E-state index in [2.05, 4.69) is 10.6 Å². The molecule has 2 aromatic carbocycles. The molecule has 0 aliphatic carbocycles. The van der Waals surface area contributed by atoms with Crippen molar-refractivity contribution in [3.63, 3.8) is 0 Å². The predicted molar refractivity (Wildman–Crippen MR) is 111 cm³/mol. The molecule has 0 aromatic heterocycles. The minimum absolute atomic E-state index is 0.217. The summed E-state index contributed by atoms with van der Waals surface area (Å²) >= 11 is 0. The van der Waals surface area contributed by atoms with Gasteiger partial charge in [0.2, 0.25) is 10.0 Å². The third-order valence-corrected chi connectivity index (χ3v) is 7.01. The molecule has 150 valence electrons. The first kappa shape index (κ1) is 20.4. The summed E-state index contributed by atoms with van der Waals surface area (Å²) in [4.78, 5) is 12.3. The van der Waals surface area contributed by atoms with Gasteiger partial charge in [-0.05, 0) is 56.4 Å². The molecule has 0 radical (unpaired) electrons. The van der Waals surface area contributed by atoms with Crippen molar-refractivity contribution in [2.45, 2.75) is 31.1 Å². The van der Waals surface area contributed by atoms with E-state index >= 15 is 0 Å². The van der Waals surface area contributed by atoms with E-state index in [-0.39, 0.29) is 6.03 Å². The fourth-order valence-corrected chi connectivity index (χ4v) is 4.85. The van der Waals surface area contributed by atoms with Crippen LogP contribution in [0.5, 0.6) is 0 Å². The molecular weight excluding hydrogens is 374 g/mol. The summed E-state index contributed by atoms with van der Waals surface area (Å²) in [6.07, 6.45) is 2.47. The molecule has 0 spiro atoms. The summed E-state index contributed by atoms with van der Waals surface area (Å²) in [5.41, 5.74) is 1.80. The molecule has 0 saturated carbocycles. The summed E-state index contributed by atoms with van der Waals surface area (Å²) in [5.74, 6) is 0.418. The molecule has 3 rings (SSSR count). The van der Waals surface area contributed by atoms with Crippen LogP contribution < -0.4 is 10.6 Å². The van der Waals surface area contributed by atoms with E-state index in [1.54, 1.807) is 16.4 Å². The largest absolute Gasteiger partial charge is 0.338 e. The monoisotopic (exact) mass is 401 g/mol. The van der Waals surface area contributed by atoms with Gasteiger partial charge in [0.15, 0.2) is 0 Å². The Bertz CT molecular complexity index is 875. The molecule has 1 fully saturated rings. The fraction of sp³-hybridized carbons (Fsp3) is 0.381. The molecule has 2 aromatic rings. The van der Waals surface area contributed by atoms with Crippen LogP contribution in [0.15, 0.2) is 59.5 Å². The van der Waals surface area contributed by atoms with Gasteiger partial charge < -0.3 is 10.6 Å². The van der Waals surface area contributed by atoms with Crippen LogP contribution in [0, 0.1) is 12.8 Å². The van der Waals surface area contributed by atoms with Gasteiger partial charge in [-0.1, -0.05) is 35.9 Å². The van der Waals surface area contributed by atoms with Crippen molar-refractivity contribution in [3.05, 3.63) is 60.2 Å². The maximum absolute atomic E-state index is 12.7. The van der Waals surface area contributed by atoms with Gasteiger partial charge in [0.25, 0.3) is 0 Å². The van der Waals surface area contributed by atoms with Crippen molar-refractivity contribution in [3.8, 4) is 0 Å². The predicted octanol–water partition coefficient (Wildman–Crippen LogP) is 3.61. The first-order valence-corrected chi connectivity index (χ1v) is 11.1. The van der Waals surface area contributed by atoms with Crippen molar-refractivity contribution in [2.75, 3.05) is 25.0 Å². The van der Waals surface area contributed by atoms with Crippen LogP contribution in [-0.4, -0.2) is 38.4 Å². The van der Waals surface area contributed by atoms with Crippen LogP contribution in [0.4, 0.5) is 10.5 Å². The first-order valence-electron chi connectivity index (χ1n) is 9.62. The second-order valence-corrected chi connectivity index (χ2v) is 9.13. The lowest BCUT2D eigenvalue weighted by Gasteiger charge is -2.31. The molecule has 1 aliphatic rings. The Morgan fingerprint density at radius 1 is 1.04 bits per heavy atom. The quantitative estimate of drug-likeness (QED) is 0.776. The number of sulfonamides is 1. The van der Waals surface area contributed by atoms with Gasteiger partial charge in [0.1, 0.15) is 0 Å². The number of piperidine rings is 1. The summed E-state index contributed by atoms with van der Waals surface area (Å²) in [6, 6.07) is 16.1. The molecular formula is C21H27N3O3S. The van der Waals surface area contributed by atoms with Crippen molar-refractivity contribution >= 4 is 21.7 Å². The van der Waals surface area contributed by atoms with E-state index in [4.69, 9.17) is 0 Å². The van der Waals surface area contributed by atoms with Gasteiger partial charge in [-0.15, -0.1) is 0 Å². The highest BCUT2D eigenvalue weighted by Crippen LogP contribution is 2.25. The number of benzene rings is 2. The molecule has 2 N–H and O–H groups in total. The molecule has 0 bridgehead atoms. The third kappa shape index (κ3) is 5.33. The highest BCUT2D eigenvalue weighted by Gasteiger charge is 2.29. The SMILES string of the molecule is Cc1ccc(S(=O)(=O)N2CCC(CCNC(=O)Nc3ccccc3)CC2)cc1. The molecule has 6 nitrogen and oxygen atoms in total. The third-order valence-electron chi connectivity index (χ3n) is 5.10. The average molecular weight is 402 g/mol. The van der Waals surface area contributed by atoms with Crippen LogP contribution in [0.25, 0.3) is 0 Å². The van der Waals surface area contributed by atoms with Crippen molar-refractivity contribution in [2.24, 2.45) is 5.92 Å². The van der Waals surface area contributed by atoms with E-state index in [9.17, 15) is 13.2 Å². The van der Waals surface area contributed by atoms with Crippen molar-refractivity contribution in [1.29, 1.82) is 0 Å². The number of rotatable bonds is 6. The number of urea groups is 1. The van der Waals surface area contributed by atoms with Crippen LogP contribution in [-0.2, 0) is 10.0 Å². The number of anilines is 1. The van der Waals surface area contributed by atoms with E-state index < -0.39 is 10.0 Å². The van der Waals surface area contributed by atoms with Crippen LogP contribution in [0.2, 0.25) is 0 Å². The minimum Gasteiger partial charge on any atom is -0.338 e. The molecule has 0 atom stereocenters. The molecule has 1 aliphatic heterocycles. The second-order valence-electron chi connectivity index (χ2n) is 7.20. The number of carbonyl (C=O) groups excluding carboxylic acids is 1. The number of hydrogen-bond acceptors (Lipinski definition) is 3. The lowest BCUT2D eigenvalue weighted by Crippen LogP contribution is -2.39. The highest BCUT2D eigenvalue weighted by molar-refractivity contribution is 7.89. The molecule has 1 saturated heterocycles. The topological polar surface area (TPSA) is 78.5 Å². The summed E-state index contributed by atoms with van der Waals surface area (Å²) in [5, 5.41) is 5.66. The Morgan fingerprint density at radius 3 is 2.32 bits per heavy atom. The Morgan fingerprint density at radius 2 is 1.68 bits per heavy atom.